The van der Waals surface area contributed by atoms with Crippen molar-refractivity contribution in [2.45, 2.75) is 23.3 Å². The average Bonchev–Trinajstić information content (AvgIpc) is 3.01. The maximum atomic E-state index is 13.0. The third-order valence-corrected chi connectivity index (χ3v) is 5.01. The normalized spacial score (nSPS) is 17.5. The summed E-state index contributed by atoms with van der Waals surface area (Å²) in [5, 5.41) is 8.83. The summed E-state index contributed by atoms with van der Waals surface area (Å²) in [4.78, 5) is -0.195. The lowest BCUT2D eigenvalue weighted by molar-refractivity contribution is 0.567. The highest BCUT2D eigenvalue weighted by Crippen LogP contribution is 2.36. The van der Waals surface area contributed by atoms with Crippen molar-refractivity contribution in [1.82, 2.24) is 4.72 Å². The zero-order chi connectivity index (χ0) is 12.7. The first-order valence-electron chi connectivity index (χ1n) is 4.79. The van der Waals surface area contributed by atoms with Crippen molar-refractivity contribution in [1.29, 1.82) is 5.26 Å². The summed E-state index contributed by atoms with van der Waals surface area (Å²) in [6.07, 6.45) is 0.964. The van der Waals surface area contributed by atoms with Gasteiger partial charge in [0.05, 0.1) is 11.0 Å². The Hall–Kier alpha value is -0.970. The van der Waals surface area contributed by atoms with E-state index in [2.05, 4.69) is 20.7 Å². The molecule has 1 aliphatic carbocycles. The largest absolute Gasteiger partial charge is 0.243 e. The van der Waals surface area contributed by atoms with E-state index in [1.807, 2.05) is 6.07 Å². The summed E-state index contributed by atoms with van der Waals surface area (Å²) in [7, 11) is -3.88. The van der Waals surface area contributed by atoms with Gasteiger partial charge in [-0.15, -0.1) is 0 Å². The van der Waals surface area contributed by atoms with E-state index in [9.17, 15) is 12.8 Å². The van der Waals surface area contributed by atoms with Crippen LogP contribution in [0.2, 0.25) is 0 Å². The zero-order valence-electron chi connectivity index (χ0n) is 8.57. The van der Waals surface area contributed by atoms with E-state index in [1.54, 1.807) is 0 Å². The van der Waals surface area contributed by atoms with Crippen LogP contribution in [0, 0.1) is 17.1 Å². The molecule has 0 amide bonds. The lowest BCUT2D eigenvalue weighted by Crippen LogP contribution is -2.35. The predicted octanol–water partition coefficient (Wildman–Crippen LogP) is 1.92. The molecule has 17 heavy (non-hydrogen) atoms. The Morgan fingerprint density at radius 2 is 2.12 bits per heavy atom. The van der Waals surface area contributed by atoms with E-state index in [4.69, 9.17) is 5.26 Å². The fourth-order valence-electron chi connectivity index (χ4n) is 1.36. The number of hydrogen-bond donors (Lipinski definition) is 1. The zero-order valence-corrected chi connectivity index (χ0v) is 11.0. The first kappa shape index (κ1) is 12.5. The van der Waals surface area contributed by atoms with Gasteiger partial charge < -0.3 is 0 Å². The van der Waals surface area contributed by atoms with Gasteiger partial charge in [0.15, 0.2) is 0 Å². The van der Waals surface area contributed by atoms with Crippen molar-refractivity contribution < 1.29 is 12.8 Å². The number of halogens is 2. The summed E-state index contributed by atoms with van der Waals surface area (Å²) in [5.41, 5.74) is -1.01. The van der Waals surface area contributed by atoms with E-state index in [0.717, 1.165) is 12.1 Å². The molecule has 1 aromatic carbocycles. The van der Waals surface area contributed by atoms with Gasteiger partial charge in [0.1, 0.15) is 11.4 Å². The molecule has 90 valence electrons. The topological polar surface area (TPSA) is 70.0 Å². The number of benzene rings is 1. The number of nitrogens with zero attached hydrogens (tertiary/aromatic N) is 1. The number of nitrogens with one attached hydrogen (secondary N) is 1. The Morgan fingerprint density at radius 3 is 2.65 bits per heavy atom. The molecule has 0 heterocycles. The van der Waals surface area contributed by atoms with Gasteiger partial charge in [-0.2, -0.15) is 9.98 Å². The fraction of sp³-hybridized carbons (Fsp3) is 0.300. The molecule has 7 heteroatoms. The predicted molar refractivity (Wildman–Crippen MR) is 62.0 cm³/mol. The quantitative estimate of drug-likeness (QED) is 0.925. The van der Waals surface area contributed by atoms with Crippen molar-refractivity contribution in [2.24, 2.45) is 0 Å². The number of rotatable bonds is 3. The smallest absolute Gasteiger partial charge is 0.207 e. The highest BCUT2D eigenvalue weighted by molar-refractivity contribution is 9.10. The summed E-state index contributed by atoms with van der Waals surface area (Å²) in [6, 6.07) is 5.30. The molecule has 0 aromatic heterocycles. The van der Waals surface area contributed by atoms with Crippen LogP contribution in [0.1, 0.15) is 12.8 Å². The summed E-state index contributed by atoms with van der Waals surface area (Å²) >= 11 is 3.05. The van der Waals surface area contributed by atoms with Gasteiger partial charge in [0, 0.05) is 4.47 Å². The highest BCUT2D eigenvalue weighted by atomic mass is 79.9. The lowest BCUT2D eigenvalue weighted by atomic mass is 10.3. The van der Waals surface area contributed by atoms with E-state index >= 15 is 0 Å². The molecule has 1 fully saturated rings. The number of sulfonamides is 1. The first-order chi connectivity index (χ1) is 7.88. The molecule has 1 aliphatic rings. The van der Waals surface area contributed by atoms with Gasteiger partial charge in [-0.25, -0.2) is 12.8 Å². The number of nitriles is 1. The maximum absolute atomic E-state index is 13.0. The Balaban J connectivity index is 2.39. The molecular weight excluding hydrogens is 311 g/mol. The van der Waals surface area contributed by atoms with Crippen molar-refractivity contribution in [2.75, 3.05) is 0 Å². The van der Waals surface area contributed by atoms with Gasteiger partial charge in [0.25, 0.3) is 0 Å². The third kappa shape index (κ3) is 2.49. The summed E-state index contributed by atoms with van der Waals surface area (Å²) in [5.74, 6) is -0.643. The molecule has 0 atom stereocenters. The van der Waals surface area contributed by atoms with Crippen LogP contribution in [-0.4, -0.2) is 14.0 Å². The van der Waals surface area contributed by atoms with E-state index in [-0.39, 0.29) is 9.37 Å². The van der Waals surface area contributed by atoms with Gasteiger partial charge in [-0.3, -0.25) is 0 Å². The van der Waals surface area contributed by atoms with Crippen LogP contribution in [-0.2, 0) is 10.0 Å². The van der Waals surface area contributed by atoms with Crippen molar-refractivity contribution in [3.63, 3.8) is 0 Å². The van der Waals surface area contributed by atoms with Crippen molar-refractivity contribution in [3.05, 3.63) is 28.5 Å². The minimum atomic E-state index is -3.88. The van der Waals surface area contributed by atoms with E-state index in [0.29, 0.717) is 12.8 Å². The molecule has 0 unspecified atom stereocenters. The Labute approximate surface area is 107 Å². The van der Waals surface area contributed by atoms with Crippen molar-refractivity contribution in [3.8, 4) is 6.07 Å². The molecule has 0 spiro atoms. The molecule has 0 aliphatic heterocycles. The van der Waals surface area contributed by atoms with Crippen LogP contribution < -0.4 is 4.72 Å². The Kier molecular flexibility index (Phi) is 2.97. The summed E-state index contributed by atoms with van der Waals surface area (Å²) in [6.45, 7) is 0. The molecular formula is C10H8BrFN2O2S. The number of hydrogen-bond acceptors (Lipinski definition) is 3. The van der Waals surface area contributed by atoms with Crippen LogP contribution >= 0.6 is 15.9 Å². The molecule has 1 saturated carbocycles. The monoisotopic (exact) mass is 318 g/mol. The second-order valence-corrected chi connectivity index (χ2v) is 6.38. The molecule has 2 rings (SSSR count). The highest BCUT2D eigenvalue weighted by Gasteiger charge is 2.47. The van der Waals surface area contributed by atoms with Crippen LogP contribution in [0.5, 0.6) is 0 Å². The summed E-state index contributed by atoms with van der Waals surface area (Å²) < 4.78 is 39.5. The van der Waals surface area contributed by atoms with Crippen molar-refractivity contribution >= 4 is 26.0 Å². The SMILES string of the molecule is N#CC1(NS(=O)(=O)c2cc(F)ccc2Br)CC1. The second-order valence-electron chi connectivity index (χ2n) is 3.87. The molecule has 1 N–H and O–H groups in total. The van der Waals surface area contributed by atoms with E-state index in [1.165, 1.54) is 6.07 Å². The molecule has 1 aromatic rings. The lowest BCUT2D eigenvalue weighted by Gasteiger charge is -2.11. The van der Waals surface area contributed by atoms with Crippen LogP contribution in [0.25, 0.3) is 0 Å². The van der Waals surface area contributed by atoms with E-state index < -0.39 is 21.4 Å². The van der Waals surface area contributed by atoms with Gasteiger partial charge in [0.2, 0.25) is 10.0 Å². The minimum absolute atomic E-state index is 0.195. The fourth-order valence-corrected chi connectivity index (χ4v) is 3.71. The first-order valence-corrected chi connectivity index (χ1v) is 7.06. The minimum Gasteiger partial charge on any atom is -0.207 e. The van der Waals surface area contributed by atoms with Crippen LogP contribution in [0.3, 0.4) is 0 Å². The van der Waals surface area contributed by atoms with Gasteiger partial charge in [-0.1, -0.05) is 0 Å². The molecule has 0 saturated heterocycles. The van der Waals surface area contributed by atoms with Crippen LogP contribution in [0.4, 0.5) is 4.39 Å². The average molecular weight is 319 g/mol. The molecule has 0 radical (unpaired) electrons. The van der Waals surface area contributed by atoms with Crippen LogP contribution in [0.15, 0.2) is 27.6 Å². The van der Waals surface area contributed by atoms with Gasteiger partial charge >= 0.3 is 0 Å². The Bertz CT molecular complexity index is 605. The standard InChI is InChI=1S/C10H8BrFN2O2S/c11-8-2-1-7(12)5-9(8)17(15,16)14-10(6-13)3-4-10/h1-2,5,14H,3-4H2. The molecule has 4 nitrogen and oxygen atoms in total. The maximum Gasteiger partial charge on any atom is 0.243 e. The van der Waals surface area contributed by atoms with Gasteiger partial charge in [-0.05, 0) is 47.0 Å². The second kappa shape index (κ2) is 4.05. The third-order valence-electron chi connectivity index (χ3n) is 2.48. The Morgan fingerprint density at radius 1 is 1.47 bits per heavy atom. The molecule has 0 bridgehead atoms.